The van der Waals surface area contributed by atoms with E-state index in [0.717, 1.165) is 104 Å². The van der Waals surface area contributed by atoms with Gasteiger partial charge in [0.1, 0.15) is 29.1 Å². The summed E-state index contributed by atoms with van der Waals surface area (Å²) >= 11 is 0. The number of hydrogen-bond donors (Lipinski definition) is 2. The number of piperidine rings is 2. The maximum atomic E-state index is 14.0. The normalized spacial score (nSPS) is 24.9. The lowest BCUT2D eigenvalue weighted by Gasteiger charge is -2.58. The van der Waals surface area contributed by atoms with E-state index in [2.05, 4.69) is 62.8 Å². The van der Waals surface area contributed by atoms with Gasteiger partial charge >= 0.3 is 0 Å². The van der Waals surface area contributed by atoms with Crippen molar-refractivity contribution in [1.29, 1.82) is 0 Å². The first-order valence-electron chi connectivity index (χ1n) is 25.6. The lowest BCUT2D eigenvalue weighted by Crippen LogP contribution is -2.60. The van der Waals surface area contributed by atoms with E-state index in [1.807, 2.05) is 43.6 Å². The molecule has 17 nitrogen and oxygen atoms in total. The van der Waals surface area contributed by atoms with E-state index in [0.29, 0.717) is 52.5 Å². The minimum atomic E-state index is -0.977. The molecular weight excluding hydrogens is 911 g/mol. The van der Waals surface area contributed by atoms with Gasteiger partial charge < -0.3 is 24.3 Å². The largest absolute Gasteiger partial charge is 0.369 e. The topological polar surface area (TPSA) is 178 Å². The van der Waals surface area contributed by atoms with Gasteiger partial charge in [0.2, 0.25) is 11.8 Å². The van der Waals surface area contributed by atoms with Crippen LogP contribution in [0.15, 0.2) is 71.9 Å². The smallest absolute Gasteiger partial charge is 0.276 e. The molecule has 1 aromatic carbocycles. The molecule has 0 bridgehead atoms. The molecule has 9 heterocycles. The second-order valence-corrected chi connectivity index (χ2v) is 22.3. The number of carbonyl (C=O) groups excluding carboxylic acids is 5. The molecule has 2 aliphatic carbocycles. The maximum absolute atomic E-state index is 14.0. The zero-order valence-electron chi connectivity index (χ0n) is 41.7. The Kier molecular flexibility index (Phi) is 10.8. The predicted molar refractivity (Wildman–Crippen MR) is 273 cm³/mol. The summed E-state index contributed by atoms with van der Waals surface area (Å²) in [7, 11) is 1.75. The molecule has 1 spiro atoms. The van der Waals surface area contributed by atoms with Crippen LogP contribution in [0.1, 0.15) is 107 Å². The standard InChI is InChI=1S/C55H61N11O6/c1-32-25-55(27-38(28-55)62-18-16-61(17-19-62)36-6-8-40-41(24-36)51(70)66(50(40)69)43-9-11-47(67)59-49(43)68)13-15-63(32)37-7-10-46(57-30-37)58-42-22-35(31-60(5)52(42)71)39-12-14-56-48(33(39)2)65-21-20-64-44(53(65)72)23-34-26-54(3,4)29-45(34)64/h6-8,10,12,14,22-24,30-32,38,43H,9,11,13,15-21,25-29H2,1-5H3,(H,57,58)(H,59,67,68)/t32-,38?,43?,55?/m0/s1. The van der Waals surface area contributed by atoms with E-state index in [1.165, 1.54) is 24.1 Å². The fraction of sp³-hybridized carbons (Fsp3) is 0.455. The minimum Gasteiger partial charge on any atom is -0.369 e. The maximum Gasteiger partial charge on any atom is 0.276 e. The van der Waals surface area contributed by atoms with Crippen LogP contribution < -0.4 is 30.9 Å². The molecule has 2 atom stereocenters. The fourth-order valence-electron chi connectivity index (χ4n) is 13.3. The highest BCUT2D eigenvalue weighted by Gasteiger charge is 2.50. The Morgan fingerprint density at radius 1 is 0.778 bits per heavy atom. The van der Waals surface area contributed by atoms with Crippen molar-refractivity contribution in [1.82, 2.24) is 34.2 Å². The van der Waals surface area contributed by atoms with Crippen LogP contribution in [0.25, 0.3) is 11.1 Å². The Morgan fingerprint density at radius 3 is 2.31 bits per heavy atom. The number of hydrogen-bond acceptors (Lipinski definition) is 12. The van der Waals surface area contributed by atoms with Crippen molar-refractivity contribution in [3.8, 4) is 11.1 Å². The summed E-state index contributed by atoms with van der Waals surface area (Å²) in [5.41, 5.74) is 9.24. The molecule has 5 aromatic rings. The highest BCUT2D eigenvalue weighted by atomic mass is 16.2. The van der Waals surface area contributed by atoms with Crippen molar-refractivity contribution in [2.24, 2.45) is 17.9 Å². The number of nitrogens with zero attached hydrogens (tertiary/aromatic N) is 9. The molecule has 17 heteroatoms. The highest BCUT2D eigenvalue weighted by molar-refractivity contribution is 6.23. The summed E-state index contributed by atoms with van der Waals surface area (Å²) < 4.78 is 3.80. The van der Waals surface area contributed by atoms with Crippen molar-refractivity contribution >= 4 is 58.2 Å². The summed E-state index contributed by atoms with van der Waals surface area (Å²) in [6.07, 6.45) is 12.2. The van der Waals surface area contributed by atoms with Crippen molar-refractivity contribution in [2.75, 3.05) is 59.3 Å². The van der Waals surface area contributed by atoms with Gasteiger partial charge in [-0.1, -0.05) is 13.8 Å². The van der Waals surface area contributed by atoms with Crippen LogP contribution in [0.3, 0.4) is 0 Å². The van der Waals surface area contributed by atoms with Crippen LogP contribution in [0.2, 0.25) is 0 Å². The first-order chi connectivity index (χ1) is 34.5. The summed E-state index contributed by atoms with van der Waals surface area (Å²) in [6, 6.07) is 15.2. The predicted octanol–water partition coefficient (Wildman–Crippen LogP) is 5.84. The Hall–Kier alpha value is -7.14. The number of nitrogens with one attached hydrogen (secondary N) is 2. The zero-order chi connectivity index (χ0) is 50.0. The summed E-state index contributed by atoms with van der Waals surface area (Å²) in [5, 5.41) is 5.57. The summed E-state index contributed by atoms with van der Waals surface area (Å²) in [4.78, 5) is 98.1. The van der Waals surface area contributed by atoms with E-state index in [1.54, 1.807) is 34.8 Å². The van der Waals surface area contributed by atoms with Crippen LogP contribution in [0.4, 0.5) is 28.7 Å². The van der Waals surface area contributed by atoms with Gasteiger partial charge in [-0.2, -0.15) is 0 Å². The first-order valence-corrected chi connectivity index (χ1v) is 25.6. The molecule has 4 aromatic heterocycles. The number of imide groups is 2. The SMILES string of the molecule is Cc1c(-c2cc(Nc3ccc(N4CCC5(CC(N6CCN(c7ccc8c(c7)C(=O)N(C7CCC(=O)NC7=O)C8=O)CC6)C5)C[C@@H]4C)cn3)c(=O)n(C)c2)ccnc1N1CCn2c(cc3c2CC(C)(C)C3)C1=O. The van der Waals surface area contributed by atoms with Gasteiger partial charge in [-0.15, -0.1) is 0 Å². The number of rotatable bonds is 8. The number of aromatic nitrogens is 4. The second-order valence-electron chi connectivity index (χ2n) is 22.3. The van der Waals surface area contributed by atoms with Gasteiger partial charge in [-0.3, -0.25) is 48.8 Å². The fourth-order valence-corrected chi connectivity index (χ4v) is 13.3. The Bertz CT molecular complexity index is 3180. The van der Waals surface area contributed by atoms with E-state index in [-0.39, 0.29) is 29.7 Å². The third kappa shape index (κ3) is 7.69. The lowest BCUT2D eigenvalue weighted by molar-refractivity contribution is -0.136. The molecule has 2 N–H and O–H groups in total. The Labute approximate surface area is 418 Å². The number of benzene rings is 1. The number of fused-ring (bicyclic) bond motifs is 4. The molecule has 0 radical (unpaired) electrons. The van der Waals surface area contributed by atoms with E-state index < -0.39 is 29.7 Å². The monoisotopic (exact) mass is 971 g/mol. The first kappa shape index (κ1) is 46.0. The zero-order valence-corrected chi connectivity index (χ0v) is 41.7. The van der Waals surface area contributed by atoms with Crippen LogP contribution in [0, 0.1) is 17.8 Å². The summed E-state index contributed by atoms with van der Waals surface area (Å²) in [6.45, 7) is 14.5. The Balaban J connectivity index is 0.650. The third-order valence-corrected chi connectivity index (χ3v) is 17.0. The molecule has 372 valence electrons. The summed E-state index contributed by atoms with van der Waals surface area (Å²) in [5.74, 6) is -0.780. The van der Waals surface area contributed by atoms with Crippen LogP contribution in [0.5, 0.6) is 0 Å². The van der Waals surface area contributed by atoms with Gasteiger partial charge in [-0.25, -0.2) is 9.97 Å². The van der Waals surface area contributed by atoms with Crippen molar-refractivity contribution in [3.63, 3.8) is 0 Å². The van der Waals surface area contributed by atoms with Gasteiger partial charge in [0, 0.05) is 101 Å². The number of amides is 5. The molecule has 5 amide bonds. The number of aryl methyl sites for hydroxylation is 1. The molecule has 12 rings (SSSR count). The number of carbonyl (C=O) groups is 5. The van der Waals surface area contributed by atoms with Crippen LogP contribution >= 0.6 is 0 Å². The number of anilines is 5. The minimum absolute atomic E-state index is 0.0298. The highest BCUT2D eigenvalue weighted by Crippen LogP contribution is 2.53. The quantitative estimate of drug-likeness (QED) is 0.178. The van der Waals surface area contributed by atoms with Crippen molar-refractivity contribution < 1.29 is 24.0 Å². The molecule has 1 unspecified atom stereocenters. The molecular formula is C55H61N11O6. The van der Waals surface area contributed by atoms with Crippen molar-refractivity contribution in [2.45, 2.75) is 104 Å². The lowest BCUT2D eigenvalue weighted by atomic mass is 9.58. The van der Waals surface area contributed by atoms with Gasteiger partial charge in [-0.05, 0) is 135 Å². The van der Waals surface area contributed by atoms with Gasteiger partial charge in [0.15, 0.2) is 0 Å². The molecule has 3 saturated heterocycles. The number of pyridine rings is 3. The molecule has 1 saturated carbocycles. The molecule has 7 aliphatic rings. The molecule has 72 heavy (non-hydrogen) atoms. The number of piperazine rings is 1. The third-order valence-electron chi connectivity index (χ3n) is 17.0. The van der Waals surface area contributed by atoms with E-state index in [9.17, 15) is 28.8 Å². The Morgan fingerprint density at radius 2 is 1.56 bits per heavy atom. The molecule has 4 fully saturated rings. The van der Waals surface area contributed by atoms with Gasteiger partial charge in [0.05, 0.1) is 23.0 Å². The van der Waals surface area contributed by atoms with Gasteiger partial charge in [0.25, 0.3) is 23.3 Å². The van der Waals surface area contributed by atoms with E-state index >= 15 is 0 Å². The second kappa shape index (κ2) is 17.0. The average molecular weight is 972 g/mol. The van der Waals surface area contributed by atoms with Crippen molar-refractivity contribution in [3.05, 3.63) is 111 Å². The van der Waals surface area contributed by atoms with Crippen LogP contribution in [-0.2, 0) is 36.0 Å². The van der Waals surface area contributed by atoms with Crippen LogP contribution in [-0.4, -0.2) is 116 Å². The van der Waals surface area contributed by atoms with E-state index in [4.69, 9.17) is 9.97 Å². The molecule has 5 aliphatic heterocycles. The average Bonchev–Trinajstić information content (AvgIpc) is 3.93.